The summed E-state index contributed by atoms with van der Waals surface area (Å²) in [5.74, 6) is -0.685. The standard InChI is InChI=1S/C6H11NO2.C6H13NO.C5H11NO/c1-7-4-2-3-5(7)6(8)9;1-7-5-6-3-2-4-8-6;1-6-2-4-7-5-3-6/h5H,2-4H2,1H3,(H,8,9);6-7H,2-5H2,1H3;2-5H2,1H3. The summed E-state index contributed by atoms with van der Waals surface area (Å²) in [6.07, 6.45) is 4.81. The minimum Gasteiger partial charge on any atom is -0.480 e. The highest BCUT2D eigenvalue weighted by molar-refractivity contribution is 5.73. The van der Waals surface area contributed by atoms with Gasteiger partial charge >= 0.3 is 5.97 Å². The van der Waals surface area contributed by atoms with Crippen LogP contribution in [0.2, 0.25) is 0 Å². The van der Waals surface area contributed by atoms with Crippen molar-refractivity contribution in [1.29, 1.82) is 0 Å². The second-order valence-electron chi connectivity index (χ2n) is 6.59. The van der Waals surface area contributed by atoms with Crippen LogP contribution in [0, 0.1) is 0 Å². The van der Waals surface area contributed by atoms with Crippen molar-refractivity contribution in [3.63, 3.8) is 0 Å². The number of nitrogens with one attached hydrogen (secondary N) is 1. The molecule has 3 aliphatic heterocycles. The molecule has 142 valence electrons. The Kier molecular flexibility index (Phi) is 11.2. The van der Waals surface area contributed by atoms with Gasteiger partial charge in [-0.05, 0) is 53.4 Å². The van der Waals surface area contributed by atoms with E-state index in [0.29, 0.717) is 6.10 Å². The van der Waals surface area contributed by atoms with Crippen LogP contribution in [0.15, 0.2) is 0 Å². The summed E-state index contributed by atoms with van der Waals surface area (Å²) < 4.78 is 10.4. The third kappa shape index (κ3) is 8.94. The lowest BCUT2D eigenvalue weighted by Gasteiger charge is -2.21. The van der Waals surface area contributed by atoms with E-state index in [1.54, 1.807) is 0 Å². The number of nitrogens with zero attached hydrogens (tertiary/aromatic N) is 2. The summed E-state index contributed by atoms with van der Waals surface area (Å²) in [6, 6.07) is -0.218. The number of morpholine rings is 1. The number of carboxylic acid groups (broad SMARTS) is 1. The summed E-state index contributed by atoms with van der Waals surface area (Å²) in [7, 11) is 5.93. The average Bonchev–Trinajstić information content (AvgIpc) is 3.21. The van der Waals surface area contributed by atoms with Crippen molar-refractivity contribution in [2.75, 3.05) is 67.1 Å². The average molecular weight is 345 g/mol. The van der Waals surface area contributed by atoms with Crippen molar-refractivity contribution in [3.05, 3.63) is 0 Å². The molecule has 3 fully saturated rings. The van der Waals surface area contributed by atoms with Crippen LogP contribution >= 0.6 is 0 Å². The van der Waals surface area contributed by atoms with E-state index in [0.717, 1.165) is 58.8 Å². The lowest BCUT2D eigenvalue weighted by molar-refractivity contribution is -0.141. The first-order chi connectivity index (χ1) is 11.5. The molecule has 3 aliphatic rings. The Bertz CT molecular complexity index is 332. The van der Waals surface area contributed by atoms with Crippen molar-refractivity contribution in [2.45, 2.75) is 37.8 Å². The molecule has 0 radical (unpaired) electrons. The molecule has 0 spiro atoms. The molecule has 3 rings (SSSR count). The van der Waals surface area contributed by atoms with Gasteiger partial charge in [-0.2, -0.15) is 0 Å². The van der Waals surface area contributed by atoms with E-state index in [-0.39, 0.29) is 6.04 Å². The van der Waals surface area contributed by atoms with E-state index in [9.17, 15) is 4.79 Å². The molecular weight excluding hydrogens is 310 g/mol. The second-order valence-corrected chi connectivity index (χ2v) is 6.59. The van der Waals surface area contributed by atoms with Crippen molar-refractivity contribution in [3.8, 4) is 0 Å². The van der Waals surface area contributed by atoms with Gasteiger partial charge in [0.05, 0.1) is 19.3 Å². The quantitative estimate of drug-likeness (QED) is 0.771. The Balaban J connectivity index is 0.000000181. The van der Waals surface area contributed by atoms with E-state index in [1.807, 2.05) is 19.0 Å². The largest absolute Gasteiger partial charge is 0.480 e. The van der Waals surface area contributed by atoms with Gasteiger partial charge in [-0.3, -0.25) is 9.69 Å². The van der Waals surface area contributed by atoms with E-state index in [2.05, 4.69) is 17.3 Å². The fraction of sp³-hybridized carbons (Fsp3) is 0.941. The number of likely N-dealkylation sites (tertiary alicyclic amines) is 1. The maximum absolute atomic E-state index is 10.4. The van der Waals surface area contributed by atoms with Crippen molar-refractivity contribution in [2.24, 2.45) is 0 Å². The van der Waals surface area contributed by atoms with Crippen LogP contribution in [-0.2, 0) is 14.3 Å². The monoisotopic (exact) mass is 345 g/mol. The SMILES string of the molecule is CN1CCCC1C(=O)O.CN1CCOCC1.CNCC1CCCO1. The number of rotatable bonds is 3. The Hall–Kier alpha value is -0.730. The molecule has 0 aromatic rings. The fourth-order valence-corrected chi connectivity index (χ4v) is 2.91. The van der Waals surface area contributed by atoms with E-state index in [4.69, 9.17) is 14.6 Å². The predicted molar refractivity (Wildman–Crippen MR) is 94.5 cm³/mol. The number of hydrogen-bond donors (Lipinski definition) is 2. The number of ether oxygens (including phenoxy) is 2. The first-order valence-electron chi connectivity index (χ1n) is 9.00. The predicted octanol–water partition coefficient (Wildman–Crippen LogP) is 0.498. The molecule has 0 aromatic heterocycles. The zero-order chi connectivity index (χ0) is 17.8. The zero-order valence-electron chi connectivity index (χ0n) is 15.5. The smallest absolute Gasteiger partial charge is 0.320 e. The normalized spacial score (nSPS) is 27.8. The van der Waals surface area contributed by atoms with E-state index >= 15 is 0 Å². The van der Waals surface area contributed by atoms with Gasteiger partial charge < -0.3 is 24.8 Å². The molecule has 0 aromatic carbocycles. The van der Waals surface area contributed by atoms with Crippen LogP contribution in [-0.4, -0.2) is 100 Å². The van der Waals surface area contributed by atoms with Crippen LogP contribution in [0.4, 0.5) is 0 Å². The number of carbonyl (C=O) groups is 1. The molecule has 3 saturated heterocycles. The summed E-state index contributed by atoms with van der Waals surface area (Å²) in [6.45, 7) is 6.93. The molecule has 2 N–H and O–H groups in total. The first kappa shape index (κ1) is 21.3. The summed E-state index contributed by atoms with van der Waals surface area (Å²) in [4.78, 5) is 14.5. The van der Waals surface area contributed by atoms with E-state index < -0.39 is 5.97 Å². The lowest BCUT2D eigenvalue weighted by Crippen LogP contribution is -2.32. The number of likely N-dealkylation sites (N-methyl/N-ethyl adjacent to an activating group) is 3. The topological polar surface area (TPSA) is 74.3 Å². The Morgan fingerprint density at radius 2 is 1.83 bits per heavy atom. The minimum absolute atomic E-state index is 0.218. The molecule has 7 heteroatoms. The maximum atomic E-state index is 10.4. The first-order valence-corrected chi connectivity index (χ1v) is 9.00. The van der Waals surface area contributed by atoms with Crippen molar-refractivity contribution in [1.82, 2.24) is 15.1 Å². The van der Waals surface area contributed by atoms with Gasteiger partial charge in [0, 0.05) is 26.2 Å². The highest BCUT2D eigenvalue weighted by Crippen LogP contribution is 2.13. The lowest BCUT2D eigenvalue weighted by atomic mass is 10.2. The molecule has 7 nitrogen and oxygen atoms in total. The van der Waals surface area contributed by atoms with Gasteiger partial charge in [-0.25, -0.2) is 0 Å². The van der Waals surface area contributed by atoms with Gasteiger partial charge in [0.1, 0.15) is 6.04 Å². The van der Waals surface area contributed by atoms with Crippen molar-refractivity contribution >= 4 is 5.97 Å². The third-order valence-corrected chi connectivity index (χ3v) is 4.50. The maximum Gasteiger partial charge on any atom is 0.320 e. The van der Waals surface area contributed by atoms with Gasteiger partial charge in [-0.1, -0.05) is 0 Å². The summed E-state index contributed by atoms with van der Waals surface area (Å²) in [5, 5.41) is 11.6. The third-order valence-electron chi connectivity index (χ3n) is 4.50. The molecular formula is C17H35N3O4. The van der Waals surface area contributed by atoms with Crippen LogP contribution in [0.1, 0.15) is 25.7 Å². The van der Waals surface area contributed by atoms with E-state index in [1.165, 1.54) is 12.8 Å². The number of hydrogen-bond acceptors (Lipinski definition) is 6. The minimum atomic E-state index is -0.685. The summed E-state index contributed by atoms with van der Waals surface area (Å²) >= 11 is 0. The Morgan fingerprint density at radius 1 is 1.12 bits per heavy atom. The summed E-state index contributed by atoms with van der Waals surface area (Å²) in [5.41, 5.74) is 0. The van der Waals surface area contributed by atoms with Gasteiger partial charge in [0.2, 0.25) is 0 Å². The number of carboxylic acids is 1. The van der Waals surface area contributed by atoms with Gasteiger partial charge in [0.15, 0.2) is 0 Å². The van der Waals surface area contributed by atoms with Crippen LogP contribution < -0.4 is 5.32 Å². The van der Waals surface area contributed by atoms with Crippen LogP contribution in [0.25, 0.3) is 0 Å². The van der Waals surface area contributed by atoms with Gasteiger partial charge in [0.25, 0.3) is 0 Å². The Morgan fingerprint density at radius 3 is 2.17 bits per heavy atom. The second kappa shape index (κ2) is 12.6. The zero-order valence-corrected chi connectivity index (χ0v) is 15.5. The highest BCUT2D eigenvalue weighted by atomic mass is 16.5. The molecule has 0 saturated carbocycles. The van der Waals surface area contributed by atoms with Gasteiger partial charge in [-0.15, -0.1) is 0 Å². The van der Waals surface area contributed by atoms with Crippen LogP contribution in [0.3, 0.4) is 0 Å². The highest BCUT2D eigenvalue weighted by Gasteiger charge is 2.26. The fourth-order valence-electron chi connectivity index (χ4n) is 2.91. The van der Waals surface area contributed by atoms with Crippen molar-refractivity contribution < 1.29 is 19.4 Å². The molecule has 2 atom stereocenters. The number of aliphatic carboxylic acids is 1. The molecule has 24 heavy (non-hydrogen) atoms. The molecule has 3 heterocycles. The molecule has 0 amide bonds. The van der Waals surface area contributed by atoms with Crippen LogP contribution in [0.5, 0.6) is 0 Å². The molecule has 0 bridgehead atoms. The molecule has 0 aliphatic carbocycles. The Labute approximate surface area is 146 Å². The molecule has 2 unspecified atom stereocenters.